The fourth-order valence-electron chi connectivity index (χ4n) is 4.77. The SMILES string of the molecule is CCCC[C@H](CC)[C@H]1[C@H]2C(=O)N(c3ccc(C)cc3)C(=O)[C@@H]2ON1c1ccccc1. The minimum absolute atomic E-state index is 0.146. The molecule has 0 saturated carbocycles. The molecule has 4 atom stereocenters. The summed E-state index contributed by atoms with van der Waals surface area (Å²) in [5.41, 5.74) is 2.61. The summed E-state index contributed by atoms with van der Waals surface area (Å²) < 4.78 is 0. The summed E-state index contributed by atoms with van der Waals surface area (Å²) in [6, 6.07) is 17.2. The Balaban J connectivity index is 1.71. The van der Waals surface area contributed by atoms with Gasteiger partial charge in [-0.1, -0.05) is 69.0 Å². The van der Waals surface area contributed by atoms with Gasteiger partial charge in [0.1, 0.15) is 0 Å². The van der Waals surface area contributed by atoms with Crippen LogP contribution in [0.25, 0.3) is 0 Å². The molecule has 2 aromatic carbocycles. The third kappa shape index (κ3) is 3.52. The van der Waals surface area contributed by atoms with Crippen molar-refractivity contribution >= 4 is 23.2 Å². The van der Waals surface area contributed by atoms with Gasteiger partial charge in [0, 0.05) is 0 Å². The lowest BCUT2D eigenvalue weighted by Gasteiger charge is -2.33. The first-order valence-corrected chi connectivity index (χ1v) is 11.0. The molecule has 2 aliphatic heterocycles. The van der Waals surface area contributed by atoms with Crippen LogP contribution in [-0.4, -0.2) is 24.0 Å². The number of imide groups is 1. The lowest BCUT2D eigenvalue weighted by atomic mass is 9.82. The molecular formula is C25H30N2O3. The Morgan fingerprint density at radius 1 is 0.933 bits per heavy atom. The number of carbonyl (C=O) groups is 2. The highest BCUT2D eigenvalue weighted by atomic mass is 16.7. The molecule has 2 fully saturated rings. The number of hydrogen-bond acceptors (Lipinski definition) is 4. The Morgan fingerprint density at radius 2 is 1.63 bits per heavy atom. The number of fused-ring (bicyclic) bond motifs is 1. The van der Waals surface area contributed by atoms with Crippen LogP contribution in [0.1, 0.15) is 45.1 Å². The fourth-order valence-corrected chi connectivity index (χ4v) is 4.77. The maximum Gasteiger partial charge on any atom is 0.266 e. The molecule has 0 spiro atoms. The van der Waals surface area contributed by atoms with Crippen LogP contribution < -0.4 is 9.96 Å². The second kappa shape index (κ2) is 8.60. The minimum atomic E-state index is -0.764. The highest BCUT2D eigenvalue weighted by molar-refractivity contribution is 6.23. The van der Waals surface area contributed by atoms with Gasteiger partial charge in [-0.05, 0) is 43.5 Å². The monoisotopic (exact) mass is 406 g/mol. The summed E-state index contributed by atoms with van der Waals surface area (Å²) in [6.45, 7) is 6.33. The molecule has 158 valence electrons. The van der Waals surface area contributed by atoms with Crippen molar-refractivity contribution in [2.24, 2.45) is 11.8 Å². The zero-order valence-corrected chi connectivity index (χ0v) is 18.0. The van der Waals surface area contributed by atoms with Crippen molar-refractivity contribution in [3.05, 3.63) is 60.2 Å². The lowest BCUT2D eigenvalue weighted by molar-refractivity contribution is -0.126. The number of rotatable bonds is 7. The Bertz CT molecular complexity index is 896. The van der Waals surface area contributed by atoms with Gasteiger partial charge in [-0.15, -0.1) is 0 Å². The maximum absolute atomic E-state index is 13.6. The minimum Gasteiger partial charge on any atom is -0.273 e. The standard InChI is InChI=1S/C25H30N2O3/c1-4-6-10-18(5-2)22-21-23(30-27(22)20-11-8-7-9-12-20)25(29)26(24(21)28)19-15-13-17(3)14-16-19/h7-9,11-16,18,21-23H,4-6,10H2,1-3H3/t18-,21+,22-,23+/m0/s1. The van der Waals surface area contributed by atoms with Gasteiger partial charge >= 0.3 is 0 Å². The molecule has 2 saturated heterocycles. The molecule has 0 N–H and O–H groups in total. The third-order valence-electron chi connectivity index (χ3n) is 6.40. The van der Waals surface area contributed by atoms with Gasteiger partial charge < -0.3 is 0 Å². The fraction of sp³-hybridized carbons (Fsp3) is 0.440. The molecular weight excluding hydrogens is 376 g/mol. The molecule has 0 aliphatic carbocycles. The number of para-hydroxylation sites is 1. The number of nitrogens with zero attached hydrogens (tertiary/aromatic N) is 2. The van der Waals surface area contributed by atoms with Crippen molar-refractivity contribution in [1.29, 1.82) is 0 Å². The number of anilines is 2. The van der Waals surface area contributed by atoms with Gasteiger partial charge in [-0.2, -0.15) is 0 Å². The van der Waals surface area contributed by atoms with E-state index in [4.69, 9.17) is 4.84 Å². The quantitative estimate of drug-likeness (QED) is 0.614. The first-order chi connectivity index (χ1) is 14.6. The number of aryl methyl sites for hydroxylation is 1. The van der Waals surface area contributed by atoms with Gasteiger partial charge in [0.2, 0.25) is 5.91 Å². The Morgan fingerprint density at radius 3 is 2.27 bits per heavy atom. The van der Waals surface area contributed by atoms with E-state index in [0.717, 1.165) is 36.9 Å². The van der Waals surface area contributed by atoms with Crippen LogP contribution in [-0.2, 0) is 14.4 Å². The zero-order valence-electron chi connectivity index (χ0n) is 18.0. The number of carbonyl (C=O) groups excluding carboxylic acids is 2. The van der Waals surface area contributed by atoms with Crippen LogP contribution in [0.15, 0.2) is 54.6 Å². The predicted molar refractivity (Wildman–Crippen MR) is 118 cm³/mol. The summed E-state index contributed by atoms with van der Waals surface area (Å²) in [5, 5.41) is 1.85. The van der Waals surface area contributed by atoms with Crippen molar-refractivity contribution < 1.29 is 14.4 Å². The van der Waals surface area contributed by atoms with E-state index in [1.807, 2.05) is 66.6 Å². The van der Waals surface area contributed by atoms with E-state index >= 15 is 0 Å². The Labute approximate surface area is 178 Å². The topological polar surface area (TPSA) is 49.9 Å². The molecule has 2 aliphatic rings. The van der Waals surface area contributed by atoms with Crippen LogP contribution in [0.2, 0.25) is 0 Å². The van der Waals surface area contributed by atoms with Crippen LogP contribution >= 0.6 is 0 Å². The summed E-state index contributed by atoms with van der Waals surface area (Å²) >= 11 is 0. The smallest absolute Gasteiger partial charge is 0.266 e. The second-order valence-electron chi connectivity index (χ2n) is 8.36. The summed E-state index contributed by atoms with van der Waals surface area (Å²) in [5.74, 6) is -0.620. The molecule has 30 heavy (non-hydrogen) atoms. The van der Waals surface area contributed by atoms with Crippen molar-refractivity contribution in [3.63, 3.8) is 0 Å². The zero-order chi connectivity index (χ0) is 21.3. The molecule has 0 aromatic heterocycles. The van der Waals surface area contributed by atoms with Crippen molar-refractivity contribution in [2.75, 3.05) is 9.96 Å². The number of amides is 2. The van der Waals surface area contributed by atoms with Crippen LogP contribution in [0.4, 0.5) is 11.4 Å². The van der Waals surface area contributed by atoms with Gasteiger partial charge in [-0.3, -0.25) is 14.4 Å². The number of unbranched alkanes of at least 4 members (excludes halogenated alkanes) is 1. The second-order valence-corrected chi connectivity index (χ2v) is 8.36. The van der Waals surface area contributed by atoms with Crippen LogP contribution in [0.3, 0.4) is 0 Å². The predicted octanol–water partition coefficient (Wildman–Crippen LogP) is 4.89. The molecule has 2 aromatic rings. The average molecular weight is 407 g/mol. The van der Waals surface area contributed by atoms with Gasteiger partial charge in [0.15, 0.2) is 6.10 Å². The van der Waals surface area contributed by atoms with E-state index in [2.05, 4.69) is 13.8 Å². The largest absolute Gasteiger partial charge is 0.273 e. The summed E-state index contributed by atoms with van der Waals surface area (Å²) in [4.78, 5) is 34.4. The van der Waals surface area contributed by atoms with Crippen molar-refractivity contribution in [2.45, 2.75) is 58.6 Å². The van der Waals surface area contributed by atoms with Crippen molar-refractivity contribution in [1.82, 2.24) is 0 Å². The molecule has 4 rings (SSSR count). The summed E-state index contributed by atoms with van der Waals surface area (Å²) in [7, 11) is 0. The van der Waals surface area contributed by atoms with Crippen LogP contribution in [0, 0.1) is 18.8 Å². The molecule has 0 bridgehead atoms. The van der Waals surface area contributed by atoms with E-state index in [0.29, 0.717) is 5.69 Å². The van der Waals surface area contributed by atoms with E-state index < -0.39 is 12.0 Å². The highest BCUT2D eigenvalue weighted by Gasteiger charge is 2.61. The maximum atomic E-state index is 13.6. The first-order valence-electron chi connectivity index (χ1n) is 11.0. The van der Waals surface area contributed by atoms with Gasteiger partial charge in [0.05, 0.1) is 23.3 Å². The molecule has 0 radical (unpaired) electrons. The Hall–Kier alpha value is -2.66. The van der Waals surface area contributed by atoms with E-state index in [1.165, 1.54) is 4.90 Å². The Kier molecular flexibility index (Phi) is 5.91. The molecule has 2 heterocycles. The summed E-state index contributed by atoms with van der Waals surface area (Å²) in [6.07, 6.45) is 3.39. The van der Waals surface area contributed by atoms with E-state index in [-0.39, 0.29) is 23.8 Å². The molecule has 2 amide bonds. The number of benzene rings is 2. The van der Waals surface area contributed by atoms with E-state index in [9.17, 15) is 9.59 Å². The third-order valence-corrected chi connectivity index (χ3v) is 6.40. The molecule has 5 nitrogen and oxygen atoms in total. The number of hydroxylamine groups is 1. The van der Waals surface area contributed by atoms with Gasteiger partial charge in [0.25, 0.3) is 5.91 Å². The highest BCUT2D eigenvalue weighted by Crippen LogP contribution is 2.44. The average Bonchev–Trinajstić information content (AvgIpc) is 3.27. The number of hydrogen-bond donors (Lipinski definition) is 0. The van der Waals surface area contributed by atoms with Crippen LogP contribution in [0.5, 0.6) is 0 Å². The normalized spacial score (nSPS) is 24.4. The van der Waals surface area contributed by atoms with Crippen molar-refractivity contribution in [3.8, 4) is 0 Å². The molecule has 5 heteroatoms. The lowest BCUT2D eigenvalue weighted by Crippen LogP contribution is -2.44. The first kappa shape index (κ1) is 20.6. The molecule has 0 unspecified atom stereocenters. The van der Waals surface area contributed by atoms with E-state index in [1.54, 1.807) is 0 Å². The van der Waals surface area contributed by atoms with Gasteiger partial charge in [-0.25, -0.2) is 9.96 Å².